The van der Waals surface area contributed by atoms with Gasteiger partial charge in [0.05, 0.1) is 134 Å². The van der Waals surface area contributed by atoms with Gasteiger partial charge in [-0.25, -0.2) is 0 Å². The molecule has 24 atom stereocenters. The van der Waals surface area contributed by atoms with E-state index in [0.717, 1.165) is 43.2 Å². The molecular formula is C57H80O15. The molecule has 0 saturated carbocycles. The van der Waals surface area contributed by atoms with Crippen LogP contribution in [0.25, 0.3) is 0 Å². The lowest BCUT2D eigenvalue weighted by molar-refractivity contribution is -0.367. The average molecular weight is 1010 g/mol. The Kier molecular flexibility index (Phi) is 14.1. The zero-order valence-corrected chi connectivity index (χ0v) is 42.9. The molecule has 72 heavy (non-hydrogen) atoms. The van der Waals surface area contributed by atoms with Crippen LogP contribution < -0.4 is 0 Å². The highest BCUT2D eigenvalue weighted by Crippen LogP contribution is 2.53. The van der Waals surface area contributed by atoms with Crippen molar-refractivity contribution < 1.29 is 72.2 Å². The fraction of sp³-hybridized carbons (Fsp3) is 0.789. The Morgan fingerprint density at radius 1 is 0.556 bits per heavy atom. The monoisotopic (exact) mass is 1000 g/mol. The summed E-state index contributed by atoms with van der Waals surface area (Å²) < 4.78 is 82.9. The van der Waals surface area contributed by atoms with Gasteiger partial charge in [0.2, 0.25) is 0 Å². The Bertz CT molecular complexity index is 2160. The maximum absolute atomic E-state index is 12.5. The van der Waals surface area contributed by atoms with Gasteiger partial charge in [-0.05, 0) is 70.4 Å². The van der Waals surface area contributed by atoms with Crippen LogP contribution in [0.5, 0.6) is 0 Å². The minimum absolute atomic E-state index is 0.0531. The summed E-state index contributed by atoms with van der Waals surface area (Å²) in [6, 6.07) is 20.3. The Morgan fingerprint density at radius 3 is 1.79 bits per heavy atom. The quantitative estimate of drug-likeness (QED) is 0.265. The van der Waals surface area contributed by atoms with Gasteiger partial charge in [0.25, 0.3) is 0 Å². The van der Waals surface area contributed by atoms with Crippen LogP contribution in [0, 0.1) is 5.92 Å². The van der Waals surface area contributed by atoms with Gasteiger partial charge in [-0.1, -0.05) is 67.6 Å². The topological polar surface area (TPSA) is 171 Å². The first-order chi connectivity index (χ1) is 34.7. The molecule has 0 spiro atoms. The van der Waals surface area contributed by atoms with E-state index >= 15 is 0 Å². The summed E-state index contributed by atoms with van der Waals surface area (Å²) in [5.74, 6) is 0.131. The molecule has 15 nitrogen and oxygen atoms in total. The molecule has 0 radical (unpaired) electrons. The van der Waals surface area contributed by atoms with Crippen molar-refractivity contribution in [2.75, 3.05) is 13.2 Å². The Balaban J connectivity index is 0.721. The molecule has 2 aromatic rings. The summed E-state index contributed by atoms with van der Waals surface area (Å²) in [5.41, 5.74) is -0.832. The molecule has 15 heteroatoms. The van der Waals surface area contributed by atoms with E-state index in [1.165, 1.54) is 0 Å². The number of aliphatic hydroxyl groups is 3. The molecule has 2 aromatic carbocycles. The molecule has 0 unspecified atom stereocenters. The first-order valence-electron chi connectivity index (χ1n) is 27.6. The van der Waals surface area contributed by atoms with Gasteiger partial charge in [0.15, 0.2) is 0 Å². The standard InChI is InChI=1S/C57H80O15/c1-32-16-18-55(3)49(28-48-56(4,72-55)19-17-35-37(66-48)22-39-38(63-35)23-40-41(64-39)24-43-42(65-40)26-47(59)54(2,70-43)20-21-58)67-44-25-45-52(69-51(32)44)53(60)57(5)50(68-45)27-36(62-30-34-14-10-7-11-15-34)46(71-57)31-61-29-33-12-8-6-9-13-33/h6-15,32,35-53,58-60H,16-31H2,1-5H3/t32-,35-,36+,37+,38+,39-,40-,41+,42+,43-,44-,45+,46-,47-,48-,49+,50-,51+,52+,53+,54+,55-,56+,57-/m0/s1. The lowest BCUT2D eigenvalue weighted by Crippen LogP contribution is -2.73. The molecule has 0 aromatic heterocycles. The van der Waals surface area contributed by atoms with Crippen molar-refractivity contribution in [3.8, 4) is 0 Å². The number of hydrogen-bond acceptors (Lipinski definition) is 15. The smallest absolute Gasteiger partial charge is 0.121 e. The zero-order valence-electron chi connectivity index (χ0n) is 42.9. The van der Waals surface area contributed by atoms with Crippen LogP contribution in [0.3, 0.4) is 0 Å². The average Bonchev–Trinajstić information content (AvgIpc) is 3.49. The molecule has 398 valence electrons. The van der Waals surface area contributed by atoms with Crippen LogP contribution in [0.2, 0.25) is 0 Å². The SMILES string of the molecule is C[C@H]1CC[C@]2(C)O[C@]3(C)CC[C@@H]4O[C@@H]5C[C@@H]6O[C@@H]7C[C@H](O)[C@@](C)(CCO)O[C@H]7C[C@H]6O[C@H]5C[C@H]4O[C@H]3C[C@H]2O[C@H]2C[C@H]3O[C@H]4C[C@@H](OCc5ccccc5)[C@H](COCc5ccccc5)O[C@]4(C)[C@H](O)[C@@H]3O[C@@H]21. The van der Waals surface area contributed by atoms with Crippen molar-refractivity contribution in [1.29, 1.82) is 0 Å². The first kappa shape index (κ1) is 50.6. The van der Waals surface area contributed by atoms with E-state index in [9.17, 15) is 15.3 Å². The predicted octanol–water partition coefficient (Wildman–Crippen LogP) is 6.05. The van der Waals surface area contributed by atoms with E-state index in [4.69, 9.17) is 56.8 Å². The van der Waals surface area contributed by atoms with Gasteiger partial charge in [-0.3, -0.25) is 0 Å². The van der Waals surface area contributed by atoms with E-state index in [2.05, 4.69) is 32.9 Å². The second-order valence-electron chi connectivity index (χ2n) is 24.2. The van der Waals surface area contributed by atoms with Gasteiger partial charge >= 0.3 is 0 Å². The summed E-state index contributed by atoms with van der Waals surface area (Å²) in [5, 5.41) is 33.2. The normalized spacial score (nSPS) is 50.8. The molecule has 0 aliphatic carbocycles. The summed E-state index contributed by atoms with van der Waals surface area (Å²) in [4.78, 5) is 0. The highest BCUT2D eigenvalue weighted by atomic mass is 16.7. The second kappa shape index (κ2) is 20.0. The molecular weight excluding hydrogens is 925 g/mol. The van der Waals surface area contributed by atoms with Crippen molar-refractivity contribution in [3.05, 3.63) is 71.8 Å². The minimum atomic E-state index is -1.06. The minimum Gasteiger partial charge on any atom is -0.396 e. The molecule has 10 aliphatic rings. The van der Waals surface area contributed by atoms with Gasteiger partial charge in [-0.15, -0.1) is 0 Å². The summed E-state index contributed by atoms with van der Waals surface area (Å²) in [7, 11) is 0. The number of rotatable bonds is 9. The molecule has 10 saturated heterocycles. The fourth-order valence-electron chi connectivity index (χ4n) is 14.7. The van der Waals surface area contributed by atoms with Crippen molar-refractivity contribution in [1.82, 2.24) is 0 Å². The molecule has 0 bridgehead atoms. The predicted molar refractivity (Wildman–Crippen MR) is 260 cm³/mol. The summed E-state index contributed by atoms with van der Waals surface area (Å²) in [6.45, 7) is 11.6. The van der Waals surface area contributed by atoms with Crippen LogP contribution in [0.4, 0.5) is 0 Å². The molecule has 12 rings (SSSR count). The van der Waals surface area contributed by atoms with Gasteiger partial charge in [0, 0.05) is 58.0 Å². The van der Waals surface area contributed by atoms with Crippen LogP contribution in [-0.2, 0) is 70.1 Å². The number of benzene rings is 2. The van der Waals surface area contributed by atoms with Crippen molar-refractivity contribution >= 4 is 0 Å². The van der Waals surface area contributed by atoms with Crippen molar-refractivity contribution in [2.45, 2.75) is 263 Å². The number of aliphatic hydroxyl groups excluding tert-OH is 3. The number of hydrogen-bond donors (Lipinski definition) is 3. The Morgan fingerprint density at radius 2 is 1.11 bits per heavy atom. The molecule has 10 heterocycles. The summed E-state index contributed by atoms with van der Waals surface area (Å²) >= 11 is 0. The summed E-state index contributed by atoms with van der Waals surface area (Å²) in [6.07, 6.45) is 1.74. The van der Waals surface area contributed by atoms with Crippen LogP contribution in [0.15, 0.2) is 60.7 Å². The van der Waals surface area contributed by atoms with Crippen molar-refractivity contribution in [2.24, 2.45) is 5.92 Å². The van der Waals surface area contributed by atoms with Gasteiger partial charge < -0.3 is 72.2 Å². The number of fused-ring (bicyclic) bond motifs is 9. The highest BCUT2D eigenvalue weighted by molar-refractivity contribution is 5.16. The number of ether oxygens (including phenoxy) is 12. The van der Waals surface area contributed by atoms with Crippen LogP contribution in [0.1, 0.15) is 123 Å². The van der Waals surface area contributed by atoms with E-state index in [-0.39, 0.29) is 91.9 Å². The van der Waals surface area contributed by atoms with E-state index < -0.39 is 59.0 Å². The largest absolute Gasteiger partial charge is 0.396 e. The third-order valence-electron chi connectivity index (χ3n) is 19.2. The zero-order chi connectivity index (χ0) is 49.6. The lowest BCUT2D eigenvalue weighted by Gasteiger charge is -2.60. The molecule has 10 fully saturated rings. The fourth-order valence-corrected chi connectivity index (χ4v) is 14.7. The molecule has 0 amide bonds. The Hall–Kier alpha value is -2.16. The van der Waals surface area contributed by atoms with E-state index in [1.54, 1.807) is 0 Å². The third kappa shape index (κ3) is 9.48. The van der Waals surface area contributed by atoms with Crippen molar-refractivity contribution in [3.63, 3.8) is 0 Å². The van der Waals surface area contributed by atoms with E-state index in [0.29, 0.717) is 64.8 Å². The Labute approximate surface area is 425 Å². The van der Waals surface area contributed by atoms with Gasteiger partial charge in [-0.2, -0.15) is 0 Å². The van der Waals surface area contributed by atoms with Gasteiger partial charge in [0.1, 0.15) is 23.9 Å². The molecule has 3 N–H and O–H groups in total. The third-order valence-corrected chi connectivity index (χ3v) is 19.2. The van der Waals surface area contributed by atoms with Crippen LogP contribution >= 0.6 is 0 Å². The maximum atomic E-state index is 12.5. The van der Waals surface area contributed by atoms with E-state index in [1.807, 2.05) is 62.4 Å². The van der Waals surface area contributed by atoms with Crippen LogP contribution in [-0.4, -0.2) is 167 Å². The lowest BCUT2D eigenvalue weighted by atomic mass is 9.73. The highest BCUT2D eigenvalue weighted by Gasteiger charge is 2.64. The maximum Gasteiger partial charge on any atom is 0.121 e. The second-order valence-corrected chi connectivity index (χ2v) is 24.2. The first-order valence-corrected chi connectivity index (χ1v) is 27.6. The molecule has 10 aliphatic heterocycles.